The molecule has 1 radical (unpaired) electrons. The summed E-state index contributed by atoms with van der Waals surface area (Å²) in [6.07, 6.45) is 0.613. The number of hydrogen-bond donors (Lipinski definition) is 0. The van der Waals surface area contributed by atoms with Crippen LogP contribution in [-0.4, -0.2) is 17.5 Å². The standard InChI is InChI=1S/C32H30NO3/c1-23-17-28-29(32-33(23)30(22-36-32)26-15-9-4-10-16-26)18-27(34-20-24-11-5-2-6-12-24)19-31(28)35-21-25-13-7-3-8-14-25/h2-16,18-19,23,30,32H,1,17,20-22H2/t23-,30-,32?/m1/s1. The fraction of sp³-hybridized carbons (Fsp3) is 0.219. The first kappa shape index (κ1) is 22.8. The van der Waals surface area contributed by atoms with Crippen LogP contribution in [0.3, 0.4) is 0 Å². The largest absolute Gasteiger partial charge is 0.489 e. The molecule has 36 heavy (non-hydrogen) atoms. The summed E-state index contributed by atoms with van der Waals surface area (Å²) in [5, 5.41) is 0. The fourth-order valence-corrected chi connectivity index (χ4v) is 5.27. The van der Waals surface area contributed by atoms with Gasteiger partial charge in [-0.3, -0.25) is 4.90 Å². The summed E-state index contributed by atoms with van der Waals surface area (Å²) < 4.78 is 19.1. The van der Waals surface area contributed by atoms with Crippen molar-refractivity contribution in [3.05, 3.63) is 138 Å². The van der Waals surface area contributed by atoms with Gasteiger partial charge in [0.1, 0.15) is 30.9 Å². The molecule has 3 atom stereocenters. The van der Waals surface area contributed by atoms with Gasteiger partial charge in [-0.05, 0) is 36.1 Å². The highest BCUT2D eigenvalue weighted by Gasteiger charge is 2.44. The van der Waals surface area contributed by atoms with Gasteiger partial charge in [0.2, 0.25) is 0 Å². The molecule has 4 heteroatoms. The van der Waals surface area contributed by atoms with Crippen molar-refractivity contribution < 1.29 is 14.2 Å². The lowest BCUT2D eigenvalue weighted by atomic mass is 9.90. The molecule has 0 aromatic heterocycles. The van der Waals surface area contributed by atoms with Gasteiger partial charge in [0.25, 0.3) is 0 Å². The van der Waals surface area contributed by atoms with Gasteiger partial charge in [-0.15, -0.1) is 0 Å². The Morgan fingerprint density at radius 2 is 1.39 bits per heavy atom. The highest BCUT2D eigenvalue weighted by atomic mass is 16.5. The summed E-state index contributed by atoms with van der Waals surface area (Å²) in [4.78, 5) is 2.40. The molecule has 2 heterocycles. The Labute approximate surface area is 213 Å². The van der Waals surface area contributed by atoms with Crippen molar-refractivity contribution in [3.8, 4) is 11.5 Å². The zero-order valence-corrected chi connectivity index (χ0v) is 20.3. The zero-order valence-electron chi connectivity index (χ0n) is 20.3. The van der Waals surface area contributed by atoms with E-state index in [1.54, 1.807) is 0 Å². The van der Waals surface area contributed by atoms with E-state index in [2.05, 4.69) is 72.5 Å². The molecule has 4 nitrogen and oxygen atoms in total. The molecule has 1 saturated heterocycles. The van der Waals surface area contributed by atoms with Crippen LogP contribution in [0.25, 0.3) is 0 Å². The first-order valence-corrected chi connectivity index (χ1v) is 12.5. The minimum absolute atomic E-state index is 0.0744. The molecule has 6 rings (SSSR count). The Morgan fingerprint density at radius 3 is 2.06 bits per heavy atom. The lowest BCUT2D eigenvalue weighted by Gasteiger charge is -2.39. The maximum atomic E-state index is 6.43. The number of ether oxygens (including phenoxy) is 3. The van der Waals surface area contributed by atoms with Gasteiger partial charge in [0.05, 0.1) is 12.6 Å². The molecule has 0 spiro atoms. The Hall–Kier alpha value is -3.60. The molecule has 1 fully saturated rings. The van der Waals surface area contributed by atoms with Crippen LogP contribution >= 0.6 is 0 Å². The van der Waals surface area contributed by atoms with E-state index in [0.29, 0.717) is 19.8 Å². The quantitative estimate of drug-likeness (QED) is 0.298. The van der Waals surface area contributed by atoms with E-state index in [0.717, 1.165) is 40.2 Å². The van der Waals surface area contributed by atoms with E-state index in [9.17, 15) is 0 Å². The summed E-state index contributed by atoms with van der Waals surface area (Å²) in [6, 6.07) is 35.5. The minimum Gasteiger partial charge on any atom is -0.489 e. The van der Waals surface area contributed by atoms with E-state index in [-0.39, 0.29) is 18.3 Å². The van der Waals surface area contributed by atoms with E-state index in [1.165, 1.54) is 5.56 Å². The van der Waals surface area contributed by atoms with Crippen LogP contribution in [0.5, 0.6) is 11.5 Å². The minimum atomic E-state index is -0.180. The molecule has 181 valence electrons. The van der Waals surface area contributed by atoms with Crippen molar-refractivity contribution in [1.29, 1.82) is 0 Å². The molecule has 0 N–H and O–H groups in total. The molecular formula is C32H30NO3. The summed E-state index contributed by atoms with van der Waals surface area (Å²) in [6.45, 7) is 6.16. The van der Waals surface area contributed by atoms with E-state index in [1.807, 2.05) is 42.5 Å². The van der Waals surface area contributed by atoms with Crippen molar-refractivity contribution in [1.82, 2.24) is 4.90 Å². The molecule has 2 aliphatic rings. The Balaban J connectivity index is 1.33. The van der Waals surface area contributed by atoms with Crippen LogP contribution in [0.2, 0.25) is 0 Å². The third-order valence-electron chi connectivity index (χ3n) is 7.06. The van der Waals surface area contributed by atoms with Crippen LogP contribution in [0.4, 0.5) is 0 Å². The second-order valence-electron chi connectivity index (χ2n) is 9.46. The molecule has 2 aliphatic heterocycles. The second kappa shape index (κ2) is 10.2. The summed E-state index contributed by atoms with van der Waals surface area (Å²) >= 11 is 0. The Kier molecular flexibility index (Phi) is 6.46. The molecule has 0 aliphatic carbocycles. The summed E-state index contributed by atoms with van der Waals surface area (Å²) in [5.74, 6) is 1.63. The van der Waals surface area contributed by atoms with Gasteiger partial charge in [-0.25, -0.2) is 0 Å². The normalized spacial score (nSPS) is 21.0. The smallest absolute Gasteiger partial charge is 0.138 e. The molecule has 1 unspecified atom stereocenters. The first-order valence-electron chi connectivity index (χ1n) is 12.5. The maximum Gasteiger partial charge on any atom is 0.138 e. The Morgan fingerprint density at radius 1 is 0.778 bits per heavy atom. The van der Waals surface area contributed by atoms with Crippen molar-refractivity contribution in [2.24, 2.45) is 0 Å². The monoisotopic (exact) mass is 476 g/mol. The fourth-order valence-electron chi connectivity index (χ4n) is 5.27. The highest BCUT2D eigenvalue weighted by Crippen LogP contribution is 2.48. The lowest BCUT2D eigenvalue weighted by molar-refractivity contribution is 0.00387. The zero-order chi connectivity index (χ0) is 24.3. The highest BCUT2D eigenvalue weighted by molar-refractivity contribution is 5.50. The molecule has 0 amide bonds. The average Bonchev–Trinajstić information content (AvgIpc) is 3.39. The third-order valence-corrected chi connectivity index (χ3v) is 7.06. The summed E-state index contributed by atoms with van der Waals surface area (Å²) in [5.41, 5.74) is 5.79. The Bertz CT molecular complexity index is 1290. The van der Waals surface area contributed by atoms with Crippen LogP contribution in [-0.2, 0) is 24.4 Å². The number of fused-ring (bicyclic) bond motifs is 3. The van der Waals surface area contributed by atoms with Crippen LogP contribution in [0.1, 0.15) is 40.1 Å². The van der Waals surface area contributed by atoms with Crippen molar-refractivity contribution in [2.75, 3.05) is 6.61 Å². The maximum absolute atomic E-state index is 6.43. The predicted molar refractivity (Wildman–Crippen MR) is 141 cm³/mol. The number of rotatable bonds is 7. The third kappa shape index (κ3) is 4.62. The van der Waals surface area contributed by atoms with Gasteiger partial charge < -0.3 is 14.2 Å². The van der Waals surface area contributed by atoms with E-state index >= 15 is 0 Å². The molecular weight excluding hydrogens is 446 g/mol. The average molecular weight is 477 g/mol. The van der Waals surface area contributed by atoms with E-state index < -0.39 is 0 Å². The number of hydrogen-bond acceptors (Lipinski definition) is 4. The van der Waals surface area contributed by atoms with Crippen LogP contribution < -0.4 is 9.47 Å². The van der Waals surface area contributed by atoms with Gasteiger partial charge in [0.15, 0.2) is 0 Å². The topological polar surface area (TPSA) is 30.9 Å². The van der Waals surface area contributed by atoms with Crippen molar-refractivity contribution in [2.45, 2.75) is 37.9 Å². The van der Waals surface area contributed by atoms with Crippen LogP contribution in [0.15, 0.2) is 103 Å². The summed E-state index contributed by atoms with van der Waals surface area (Å²) in [7, 11) is 0. The van der Waals surface area contributed by atoms with Crippen molar-refractivity contribution in [3.63, 3.8) is 0 Å². The van der Waals surface area contributed by atoms with Crippen molar-refractivity contribution >= 4 is 0 Å². The van der Waals surface area contributed by atoms with Gasteiger partial charge in [-0.2, -0.15) is 0 Å². The van der Waals surface area contributed by atoms with Gasteiger partial charge >= 0.3 is 0 Å². The SMILES string of the molecule is [CH2][C@@H]1Cc2c(OCc3ccccc3)cc(OCc3ccccc3)cc2C2OC[C@H](c3ccccc3)N21. The van der Waals surface area contributed by atoms with Crippen LogP contribution in [0, 0.1) is 6.92 Å². The molecule has 4 aromatic rings. The lowest BCUT2D eigenvalue weighted by Crippen LogP contribution is -2.41. The van der Waals surface area contributed by atoms with Gasteiger partial charge in [-0.1, -0.05) is 91.0 Å². The molecule has 4 aromatic carbocycles. The molecule has 0 saturated carbocycles. The second-order valence-corrected chi connectivity index (χ2v) is 9.46. The van der Waals surface area contributed by atoms with Gasteiger partial charge in [0, 0.05) is 23.2 Å². The predicted octanol–water partition coefficient (Wildman–Crippen LogP) is 6.68. The number of benzene rings is 4. The first-order chi connectivity index (χ1) is 17.8. The molecule has 0 bridgehead atoms. The number of nitrogens with zero attached hydrogens (tertiary/aromatic N) is 1. The van der Waals surface area contributed by atoms with E-state index in [4.69, 9.17) is 14.2 Å².